The lowest BCUT2D eigenvalue weighted by Gasteiger charge is -2.17. The molecule has 35 heavy (non-hydrogen) atoms. The first-order chi connectivity index (χ1) is 17.2. The summed E-state index contributed by atoms with van der Waals surface area (Å²) in [5, 5.41) is 0.788. The average molecular weight is 472 g/mol. The summed E-state index contributed by atoms with van der Waals surface area (Å²) < 4.78 is 17.9. The van der Waals surface area contributed by atoms with Crippen molar-refractivity contribution in [3.05, 3.63) is 83.9 Å². The number of fused-ring (bicyclic) bond motifs is 1. The van der Waals surface area contributed by atoms with Gasteiger partial charge in [0.2, 0.25) is 0 Å². The number of rotatable bonds is 12. The number of benzene rings is 3. The van der Waals surface area contributed by atoms with Crippen molar-refractivity contribution in [2.45, 2.75) is 27.2 Å². The number of furan rings is 1. The highest BCUT2D eigenvalue weighted by molar-refractivity contribution is 6.19. The van der Waals surface area contributed by atoms with Crippen LogP contribution in [0.15, 0.2) is 77.2 Å². The lowest BCUT2D eigenvalue weighted by atomic mass is 9.97. The van der Waals surface area contributed by atoms with Gasteiger partial charge < -0.3 is 18.8 Å². The van der Waals surface area contributed by atoms with Gasteiger partial charge in [0.05, 0.1) is 24.3 Å². The predicted octanol–water partition coefficient (Wildman–Crippen LogP) is 6.84. The molecule has 3 aromatic carbocycles. The molecule has 0 unspecified atom stereocenters. The van der Waals surface area contributed by atoms with E-state index in [0.29, 0.717) is 41.4 Å². The molecular weight excluding hydrogens is 438 g/mol. The highest BCUT2D eigenvalue weighted by atomic mass is 16.5. The molecule has 5 nitrogen and oxygen atoms in total. The molecule has 0 aliphatic rings. The molecule has 0 fully saturated rings. The zero-order valence-corrected chi connectivity index (χ0v) is 20.8. The smallest absolute Gasteiger partial charge is 0.197 e. The Morgan fingerprint density at radius 1 is 0.857 bits per heavy atom. The van der Waals surface area contributed by atoms with Crippen molar-refractivity contribution in [1.82, 2.24) is 4.90 Å². The minimum Gasteiger partial charge on any atom is -0.494 e. The highest BCUT2D eigenvalue weighted by Crippen LogP contribution is 2.39. The molecule has 0 aliphatic carbocycles. The summed E-state index contributed by atoms with van der Waals surface area (Å²) in [6.45, 7) is 10.6. The second kappa shape index (κ2) is 11.7. The Balaban J connectivity index is 1.59. The molecular formula is C30H33NO4. The normalized spacial score (nSPS) is 11.2. The van der Waals surface area contributed by atoms with Gasteiger partial charge in [0, 0.05) is 17.5 Å². The van der Waals surface area contributed by atoms with Crippen LogP contribution in [0.25, 0.3) is 22.3 Å². The van der Waals surface area contributed by atoms with Crippen LogP contribution in [0.1, 0.15) is 43.1 Å². The number of ketones is 1. The van der Waals surface area contributed by atoms with E-state index in [2.05, 4.69) is 18.7 Å². The minimum atomic E-state index is -0.0932. The van der Waals surface area contributed by atoms with Crippen LogP contribution in [0.5, 0.6) is 11.5 Å². The maximum Gasteiger partial charge on any atom is 0.197 e. The van der Waals surface area contributed by atoms with Gasteiger partial charge in [0.25, 0.3) is 0 Å². The zero-order valence-electron chi connectivity index (χ0n) is 20.8. The predicted molar refractivity (Wildman–Crippen MR) is 141 cm³/mol. The van der Waals surface area contributed by atoms with Gasteiger partial charge in [-0.15, -0.1) is 0 Å². The van der Waals surface area contributed by atoms with Crippen molar-refractivity contribution in [2.24, 2.45) is 0 Å². The molecule has 0 atom stereocenters. The monoisotopic (exact) mass is 471 g/mol. The van der Waals surface area contributed by atoms with Crippen molar-refractivity contribution >= 4 is 16.8 Å². The first-order valence-corrected chi connectivity index (χ1v) is 12.4. The molecule has 0 saturated heterocycles. The number of para-hydroxylation sites is 2. The summed E-state index contributed by atoms with van der Waals surface area (Å²) in [6.07, 6.45) is 0.964. The number of hydrogen-bond acceptors (Lipinski definition) is 5. The van der Waals surface area contributed by atoms with Crippen molar-refractivity contribution < 1.29 is 18.7 Å². The van der Waals surface area contributed by atoms with Gasteiger partial charge in [-0.1, -0.05) is 44.2 Å². The third kappa shape index (κ3) is 5.57. The van der Waals surface area contributed by atoms with Crippen molar-refractivity contribution in [2.75, 3.05) is 32.8 Å². The number of carbonyl (C=O) groups is 1. The van der Waals surface area contributed by atoms with Crippen molar-refractivity contribution in [3.8, 4) is 22.8 Å². The van der Waals surface area contributed by atoms with Crippen LogP contribution in [-0.4, -0.2) is 43.5 Å². The van der Waals surface area contributed by atoms with E-state index in [0.717, 1.165) is 42.8 Å². The SMILES string of the molecule is CCOc1ccccc1-c1oc2ccccc2c1C(=O)c1ccc(OCCCN(CC)CC)cc1. The van der Waals surface area contributed by atoms with E-state index < -0.39 is 0 Å². The van der Waals surface area contributed by atoms with Crippen LogP contribution in [0.3, 0.4) is 0 Å². The molecule has 0 saturated carbocycles. The number of ether oxygens (including phenoxy) is 2. The summed E-state index contributed by atoms with van der Waals surface area (Å²) in [5.41, 5.74) is 2.56. The lowest BCUT2D eigenvalue weighted by Crippen LogP contribution is -2.25. The molecule has 0 spiro atoms. The highest BCUT2D eigenvalue weighted by Gasteiger charge is 2.25. The Bertz CT molecular complexity index is 1260. The summed E-state index contributed by atoms with van der Waals surface area (Å²) in [7, 11) is 0. The first kappa shape index (κ1) is 24.6. The van der Waals surface area contributed by atoms with Gasteiger partial charge >= 0.3 is 0 Å². The summed E-state index contributed by atoms with van der Waals surface area (Å²) >= 11 is 0. The quantitative estimate of drug-likeness (QED) is 0.167. The van der Waals surface area contributed by atoms with Gasteiger partial charge in [-0.25, -0.2) is 0 Å². The topological polar surface area (TPSA) is 51.9 Å². The molecule has 4 aromatic rings. The van der Waals surface area contributed by atoms with Crippen LogP contribution >= 0.6 is 0 Å². The molecule has 1 aromatic heterocycles. The summed E-state index contributed by atoms with van der Waals surface area (Å²) in [4.78, 5) is 16.1. The average Bonchev–Trinajstić information content (AvgIpc) is 3.28. The summed E-state index contributed by atoms with van der Waals surface area (Å²) in [5.74, 6) is 1.89. The Hall–Kier alpha value is -3.57. The third-order valence-electron chi connectivity index (χ3n) is 6.15. The third-order valence-corrected chi connectivity index (χ3v) is 6.15. The van der Waals surface area contributed by atoms with Crippen molar-refractivity contribution in [3.63, 3.8) is 0 Å². The van der Waals surface area contributed by atoms with Gasteiger partial charge in [-0.2, -0.15) is 0 Å². The van der Waals surface area contributed by atoms with Crippen LogP contribution < -0.4 is 9.47 Å². The minimum absolute atomic E-state index is 0.0932. The Labute approximate surface area is 207 Å². The summed E-state index contributed by atoms with van der Waals surface area (Å²) in [6, 6.07) is 22.7. The number of hydrogen-bond donors (Lipinski definition) is 0. The van der Waals surface area contributed by atoms with Gasteiger partial charge in [0.15, 0.2) is 5.78 Å². The standard InChI is InChI=1S/C30H33NO4/c1-4-31(5-2)20-11-21-34-23-18-16-22(17-19-23)29(32)28-24-12-7-10-15-27(24)35-30(28)25-13-8-9-14-26(25)33-6-3/h7-10,12-19H,4-6,11,20-21H2,1-3H3. The van der Waals surface area contributed by atoms with E-state index in [4.69, 9.17) is 13.9 Å². The first-order valence-electron chi connectivity index (χ1n) is 12.4. The van der Waals surface area contributed by atoms with Crippen LogP contribution in [0.2, 0.25) is 0 Å². The fraction of sp³-hybridized carbons (Fsp3) is 0.300. The second-order valence-electron chi connectivity index (χ2n) is 8.31. The number of carbonyl (C=O) groups excluding carboxylic acids is 1. The van der Waals surface area contributed by atoms with E-state index in [-0.39, 0.29) is 5.78 Å². The molecule has 5 heteroatoms. The maximum atomic E-state index is 13.8. The van der Waals surface area contributed by atoms with Crippen LogP contribution in [0.4, 0.5) is 0 Å². The van der Waals surface area contributed by atoms with Crippen LogP contribution in [0, 0.1) is 0 Å². The van der Waals surface area contributed by atoms with E-state index in [9.17, 15) is 4.79 Å². The Kier molecular flexibility index (Phi) is 8.22. The van der Waals surface area contributed by atoms with E-state index in [1.807, 2.05) is 79.7 Å². The van der Waals surface area contributed by atoms with Gasteiger partial charge in [-0.3, -0.25) is 4.79 Å². The fourth-order valence-corrected chi connectivity index (χ4v) is 4.26. The zero-order chi connectivity index (χ0) is 24.6. The second-order valence-corrected chi connectivity index (χ2v) is 8.31. The number of nitrogens with zero attached hydrogens (tertiary/aromatic N) is 1. The van der Waals surface area contributed by atoms with E-state index in [1.54, 1.807) is 0 Å². The Morgan fingerprint density at radius 3 is 2.31 bits per heavy atom. The van der Waals surface area contributed by atoms with Gasteiger partial charge in [-0.05, 0) is 68.9 Å². The maximum absolute atomic E-state index is 13.8. The Morgan fingerprint density at radius 2 is 1.57 bits per heavy atom. The fourth-order valence-electron chi connectivity index (χ4n) is 4.26. The van der Waals surface area contributed by atoms with Crippen LogP contribution in [-0.2, 0) is 0 Å². The molecule has 0 aliphatic heterocycles. The van der Waals surface area contributed by atoms with Crippen molar-refractivity contribution in [1.29, 1.82) is 0 Å². The molecule has 0 N–H and O–H groups in total. The van der Waals surface area contributed by atoms with E-state index >= 15 is 0 Å². The molecule has 0 amide bonds. The molecule has 0 bridgehead atoms. The molecule has 4 rings (SSSR count). The molecule has 1 heterocycles. The van der Waals surface area contributed by atoms with E-state index in [1.165, 1.54) is 0 Å². The molecule has 182 valence electrons. The molecule has 0 radical (unpaired) electrons. The lowest BCUT2D eigenvalue weighted by molar-refractivity contribution is 0.104. The largest absolute Gasteiger partial charge is 0.494 e. The van der Waals surface area contributed by atoms with Gasteiger partial charge in [0.1, 0.15) is 22.8 Å².